The van der Waals surface area contributed by atoms with Crippen LogP contribution in [0.4, 0.5) is 11.8 Å². The van der Waals surface area contributed by atoms with Crippen LogP contribution in [-0.4, -0.2) is 73.4 Å². The number of carbonyl (C=O) groups is 1. The Labute approximate surface area is 223 Å². The molecule has 2 fully saturated rings. The van der Waals surface area contributed by atoms with Gasteiger partial charge in [-0.25, -0.2) is 19.6 Å². The zero-order chi connectivity index (χ0) is 26.8. The first-order chi connectivity index (χ1) is 19.0. The van der Waals surface area contributed by atoms with E-state index in [1.807, 2.05) is 41.3 Å². The number of carboxylic acid groups (broad SMARTS) is 1. The Morgan fingerprint density at radius 1 is 1.10 bits per heavy atom. The third kappa shape index (κ3) is 5.39. The van der Waals surface area contributed by atoms with Gasteiger partial charge in [0, 0.05) is 25.3 Å². The zero-order valence-electron chi connectivity index (χ0n) is 20.9. The van der Waals surface area contributed by atoms with Gasteiger partial charge in [0.1, 0.15) is 11.5 Å². The quantitative estimate of drug-likeness (QED) is 0.350. The van der Waals surface area contributed by atoms with Gasteiger partial charge in [0.2, 0.25) is 5.95 Å². The van der Waals surface area contributed by atoms with Crippen molar-refractivity contribution >= 4 is 17.7 Å². The second-order valence-electron chi connectivity index (χ2n) is 9.59. The first-order valence-corrected chi connectivity index (χ1v) is 12.6. The number of aliphatic carboxylic acids is 1. The molecule has 12 nitrogen and oxygen atoms in total. The molecule has 5 heterocycles. The van der Waals surface area contributed by atoms with E-state index >= 15 is 0 Å². The molecular formula is C27H25N9O3. The molecule has 0 aliphatic carbocycles. The maximum atomic E-state index is 11.1. The Hall–Kier alpha value is -4.89. The van der Waals surface area contributed by atoms with Crippen molar-refractivity contribution in [3.63, 3.8) is 0 Å². The highest BCUT2D eigenvalue weighted by molar-refractivity contribution is 5.74. The molecule has 196 valence electrons. The molecule has 2 aliphatic rings. The van der Waals surface area contributed by atoms with Crippen LogP contribution >= 0.6 is 0 Å². The summed E-state index contributed by atoms with van der Waals surface area (Å²) in [5, 5.41) is 30.5. The second kappa shape index (κ2) is 10.5. The van der Waals surface area contributed by atoms with Gasteiger partial charge in [0.05, 0.1) is 60.0 Å². The summed E-state index contributed by atoms with van der Waals surface area (Å²) < 4.78 is 7.17. The molecule has 12 heteroatoms. The smallest absolute Gasteiger partial charge is 0.310 e. The number of benzene rings is 1. The van der Waals surface area contributed by atoms with E-state index in [-0.39, 0.29) is 12.0 Å². The number of hydrogen-bond acceptors (Lipinski definition) is 10. The monoisotopic (exact) mass is 523 g/mol. The van der Waals surface area contributed by atoms with Crippen molar-refractivity contribution in [3.8, 4) is 28.7 Å². The van der Waals surface area contributed by atoms with Crippen molar-refractivity contribution in [3.05, 3.63) is 66.0 Å². The van der Waals surface area contributed by atoms with E-state index in [9.17, 15) is 10.1 Å². The molecule has 0 amide bonds. The van der Waals surface area contributed by atoms with Crippen molar-refractivity contribution in [2.75, 3.05) is 36.5 Å². The van der Waals surface area contributed by atoms with Crippen molar-refractivity contribution in [2.45, 2.75) is 19.0 Å². The minimum atomic E-state index is -0.780. The maximum absolute atomic E-state index is 11.1. The van der Waals surface area contributed by atoms with Gasteiger partial charge in [-0.1, -0.05) is 23.4 Å². The van der Waals surface area contributed by atoms with Gasteiger partial charge in [-0.05, 0) is 36.8 Å². The molecule has 39 heavy (non-hydrogen) atoms. The Kier molecular flexibility index (Phi) is 6.56. The van der Waals surface area contributed by atoms with Gasteiger partial charge in [-0.3, -0.25) is 4.79 Å². The number of nitrogens with zero attached hydrogens (tertiary/aromatic N) is 8. The fraction of sp³-hybridized carbons (Fsp3) is 0.296. The van der Waals surface area contributed by atoms with Gasteiger partial charge in [0.15, 0.2) is 0 Å². The number of carboxylic acids is 1. The third-order valence-corrected chi connectivity index (χ3v) is 6.75. The normalized spacial score (nSPS) is 17.0. The minimum absolute atomic E-state index is 0.116. The van der Waals surface area contributed by atoms with E-state index in [1.165, 1.54) is 0 Å². The highest BCUT2D eigenvalue weighted by Crippen LogP contribution is 2.26. The molecule has 2 aliphatic heterocycles. The number of hydrogen-bond donors (Lipinski definition) is 2. The molecule has 3 aromatic heterocycles. The third-order valence-electron chi connectivity index (χ3n) is 6.75. The van der Waals surface area contributed by atoms with Crippen molar-refractivity contribution < 1.29 is 14.6 Å². The number of rotatable bonds is 8. The Morgan fingerprint density at radius 3 is 2.74 bits per heavy atom. The maximum Gasteiger partial charge on any atom is 0.310 e. The second-order valence-corrected chi connectivity index (χ2v) is 9.59. The van der Waals surface area contributed by atoms with Gasteiger partial charge in [0.25, 0.3) is 0 Å². The first-order valence-electron chi connectivity index (χ1n) is 12.6. The van der Waals surface area contributed by atoms with E-state index in [4.69, 9.17) is 19.8 Å². The molecule has 1 unspecified atom stereocenters. The lowest BCUT2D eigenvalue weighted by atomic mass is 10.0. The Morgan fingerprint density at radius 2 is 1.95 bits per heavy atom. The molecule has 2 saturated heterocycles. The lowest BCUT2D eigenvalue weighted by molar-refractivity contribution is -0.142. The summed E-state index contributed by atoms with van der Waals surface area (Å²) in [6, 6.07) is 17.1. The molecule has 0 saturated carbocycles. The lowest BCUT2D eigenvalue weighted by Crippen LogP contribution is -2.50. The molecule has 6 rings (SSSR count). The number of nitrogens with one attached hydrogen (secondary N) is 1. The van der Waals surface area contributed by atoms with Crippen molar-refractivity contribution in [1.82, 2.24) is 29.9 Å². The summed E-state index contributed by atoms with van der Waals surface area (Å²) in [5.74, 6) is 0.0719. The predicted molar refractivity (Wildman–Crippen MR) is 141 cm³/mol. The standard InChI is InChI=1S/C27H25N9O3/c28-11-17-3-1-4-18(9-17)22-10-23(32-27(31-22)30-21-7-8-39-16-21)24-15-36(34-33-24)14-20-5-2-6-25(29-20)35-12-19(13-35)26(37)38/h1-6,9-10,15,19,21H,7-8,12-14,16H2,(H,37,38)(H,30,31,32). The SMILES string of the molecule is N#Cc1cccc(-c2cc(-c3cn(Cc4cccc(N5CC(C(=O)O)C5)n4)nn3)nc(NC3CCOC3)n2)c1. The molecule has 0 radical (unpaired) electrons. The van der Waals surface area contributed by atoms with Crippen LogP contribution < -0.4 is 10.2 Å². The van der Waals surface area contributed by atoms with Crippen LogP contribution in [0.5, 0.6) is 0 Å². The first kappa shape index (κ1) is 24.4. The average Bonchev–Trinajstić information content (AvgIpc) is 3.60. The number of anilines is 2. The average molecular weight is 524 g/mol. The van der Waals surface area contributed by atoms with Gasteiger partial charge in [-0.15, -0.1) is 5.10 Å². The molecular weight excluding hydrogens is 498 g/mol. The number of pyridine rings is 1. The molecule has 0 spiro atoms. The van der Waals surface area contributed by atoms with Crippen molar-refractivity contribution in [1.29, 1.82) is 5.26 Å². The summed E-state index contributed by atoms with van der Waals surface area (Å²) in [6.07, 6.45) is 2.67. The van der Waals surface area contributed by atoms with Crippen LogP contribution in [0.3, 0.4) is 0 Å². The summed E-state index contributed by atoms with van der Waals surface area (Å²) in [6.45, 7) is 2.58. The van der Waals surface area contributed by atoms with Crippen molar-refractivity contribution in [2.24, 2.45) is 5.92 Å². The Balaban J connectivity index is 1.25. The van der Waals surface area contributed by atoms with Crippen LogP contribution in [0.25, 0.3) is 22.6 Å². The zero-order valence-corrected chi connectivity index (χ0v) is 20.9. The van der Waals surface area contributed by atoms with E-state index in [2.05, 4.69) is 26.7 Å². The molecule has 1 atom stereocenters. The fourth-order valence-corrected chi connectivity index (χ4v) is 4.58. The number of ether oxygens (including phenoxy) is 1. The molecule has 1 aromatic carbocycles. The van der Waals surface area contributed by atoms with Crippen LogP contribution in [0, 0.1) is 17.2 Å². The minimum Gasteiger partial charge on any atom is -0.481 e. The topological polar surface area (TPSA) is 155 Å². The van der Waals surface area contributed by atoms with E-state index in [0.717, 1.165) is 23.5 Å². The van der Waals surface area contributed by atoms with Gasteiger partial charge in [-0.2, -0.15) is 5.26 Å². The van der Waals surface area contributed by atoms with Gasteiger partial charge < -0.3 is 20.1 Å². The van der Waals surface area contributed by atoms with Crippen LogP contribution in [-0.2, 0) is 16.1 Å². The van der Waals surface area contributed by atoms with Crippen LogP contribution in [0.1, 0.15) is 17.7 Å². The summed E-state index contributed by atoms with van der Waals surface area (Å²) in [7, 11) is 0. The summed E-state index contributed by atoms with van der Waals surface area (Å²) >= 11 is 0. The summed E-state index contributed by atoms with van der Waals surface area (Å²) in [5.41, 5.74) is 3.96. The van der Waals surface area contributed by atoms with E-state index in [1.54, 1.807) is 23.0 Å². The summed E-state index contributed by atoms with van der Waals surface area (Å²) in [4.78, 5) is 27.2. The largest absolute Gasteiger partial charge is 0.481 e. The molecule has 4 aromatic rings. The number of nitriles is 1. The highest BCUT2D eigenvalue weighted by atomic mass is 16.5. The van der Waals surface area contributed by atoms with Gasteiger partial charge >= 0.3 is 5.97 Å². The molecule has 2 N–H and O–H groups in total. The molecule has 0 bridgehead atoms. The van der Waals surface area contributed by atoms with Crippen LogP contribution in [0.2, 0.25) is 0 Å². The van der Waals surface area contributed by atoms with E-state index < -0.39 is 5.97 Å². The lowest BCUT2D eigenvalue weighted by Gasteiger charge is -2.37. The highest BCUT2D eigenvalue weighted by Gasteiger charge is 2.33. The van der Waals surface area contributed by atoms with E-state index in [0.29, 0.717) is 61.4 Å². The predicted octanol–water partition coefficient (Wildman–Crippen LogP) is 2.44. The fourth-order valence-electron chi connectivity index (χ4n) is 4.58. The number of aromatic nitrogens is 6. The van der Waals surface area contributed by atoms with Crippen LogP contribution in [0.15, 0.2) is 54.7 Å². The Bertz CT molecular complexity index is 1550.